The van der Waals surface area contributed by atoms with Gasteiger partial charge in [-0.15, -0.1) is 11.6 Å². The average Bonchev–Trinajstić information content (AvgIpc) is 2.38. The van der Waals surface area contributed by atoms with Gasteiger partial charge in [-0.1, -0.05) is 38.8 Å². The van der Waals surface area contributed by atoms with Crippen molar-refractivity contribution in [3.63, 3.8) is 0 Å². The molecule has 1 aromatic rings. The van der Waals surface area contributed by atoms with E-state index < -0.39 is 0 Å². The van der Waals surface area contributed by atoms with Crippen molar-refractivity contribution < 1.29 is 4.79 Å². The normalized spacial score (nSPS) is 10.7. The third-order valence-electron chi connectivity index (χ3n) is 2.86. The van der Waals surface area contributed by atoms with Crippen LogP contribution in [0.25, 0.3) is 0 Å². The van der Waals surface area contributed by atoms with E-state index in [1.165, 1.54) is 12.8 Å². The van der Waals surface area contributed by atoms with E-state index in [4.69, 9.17) is 11.6 Å². The number of carbonyl (C=O) groups excluding carboxylic acids is 1. The number of carbonyl (C=O) groups is 1. The maximum absolute atomic E-state index is 11.8. The molecule has 1 N–H and O–H groups in total. The van der Waals surface area contributed by atoms with Crippen LogP contribution in [-0.4, -0.2) is 12.5 Å². The summed E-state index contributed by atoms with van der Waals surface area (Å²) < 4.78 is 0. The van der Waals surface area contributed by atoms with Crippen molar-refractivity contribution in [2.45, 2.75) is 39.0 Å². The number of unbranched alkanes of at least 4 members (excludes halogenated alkanes) is 1. The Morgan fingerprint density at radius 2 is 1.89 bits per heavy atom. The molecule has 0 atom stereocenters. The molecule has 0 aliphatic heterocycles. The third kappa shape index (κ3) is 5.54. The summed E-state index contributed by atoms with van der Waals surface area (Å²) in [6.45, 7) is 5.19. The first-order chi connectivity index (χ1) is 8.63. The van der Waals surface area contributed by atoms with Crippen molar-refractivity contribution in [3.8, 4) is 0 Å². The van der Waals surface area contributed by atoms with Crippen LogP contribution in [0, 0.1) is 5.92 Å². The van der Waals surface area contributed by atoms with Crippen molar-refractivity contribution in [2.75, 3.05) is 6.54 Å². The quantitative estimate of drug-likeness (QED) is 0.588. The highest BCUT2D eigenvalue weighted by molar-refractivity contribution is 6.17. The fourth-order valence-electron chi connectivity index (χ4n) is 1.73. The first kappa shape index (κ1) is 15.0. The Hall–Kier alpha value is -1.02. The van der Waals surface area contributed by atoms with Gasteiger partial charge in [-0.25, -0.2) is 0 Å². The molecule has 0 radical (unpaired) electrons. The highest BCUT2D eigenvalue weighted by atomic mass is 35.5. The zero-order chi connectivity index (χ0) is 13.4. The van der Waals surface area contributed by atoms with E-state index in [0.717, 1.165) is 24.4 Å². The van der Waals surface area contributed by atoms with Gasteiger partial charge in [0.25, 0.3) is 5.91 Å². The zero-order valence-corrected chi connectivity index (χ0v) is 12.0. The van der Waals surface area contributed by atoms with Crippen molar-refractivity contribution in [1.29, 1.82) is 0 Å². The third-order valence-corrected chi connectivity index (χ3v) is 3.17. The van der Waals surface area contributed by atoms with Gasteiger partial charge in [0.1, 0.15) is 0 Å². The minimum atomic E-state index is 0.000620. The number of alkyl halides is 1. The van der Waals surface area contributed by atoms with E-state index in [2.05, 4.69) is 19.2 Å². The molecular weight excluding hydrogens is 246 g/mol. The molecule has 0 spiro atoms. The summed E-state index contributed by atoms with van der Waals surface area (Å²) in [5.41, 5.74) is 1.73. The molecular formula is C15H22ClNO. The van der Waals surface area contributed by atoms with Crippen LogP contribution >= 0.6 is 11.6 Å². The summed E-state index contributed by atoms with van der Waals surface area (Å²) in [6.07, 6.45) is 3.44. The lowest BCUT2D eigenvalue weighted by Crippen LogP contribution is -2.24. The van der Waals surface area contributed by atoms with E-state index in [0.29, 0.717) is 11.4 Å². The van der Waals surface area contributed by atoms with Gasteiger partial charge in [-0.05, 0) is 30.0 Å². The molecule has 0 aliphatic rings. The van der Waals surface area contributed by atoms with Crippen LogP contribution < -0.4 is 5.32 Å². The van der Waals surface area contributed by atoms with Gasteiger partial charge in [0.2, 0.25) is 0 Å². The second-order valence-electron chi connectivity index (χ2n) is 4.98. The molecule has 0 aliphatic carbocycles. The number of benzene rings is 1. The fourth-order valence-corrected chi connectivity index (χ4v) is 1.90. The van der Waals surface area contributed by atoms with Crippen molar-refractivity contribution in [2.24, 2.45) is 5.92 Å². The first-order valence-corrected chi connectivity index (χ1v) is 7.10. The predicted molar refractivity (Wildman–Crippen MR) is 77.0 cm³/mol. The Morgan fingerprint density at radius 1 is 1.22 bits per heavy atom. The van der Waals surface area contributed by atoms with Crippen LogP contribution in [0.5, 0.6) is 0 Å². The van der Waals surface area contributed by atoms with Crippen LogP contribution in [0.15, 0.2) is 24.3 Å². The molecule has 0 saturated carbocycles. The SMILES string of the molecule is CC(C)CCCCNC(=O)c1ccc(CCl)cc1. The maximum Gasteiger partial charge on any atom is 0.251 e. The van der Waals surface area contributed by atoms with Crippen LogP contribution in [-0.2, 0) is 5.88 Å². The summed E-state index contributed by atoms with van der Waals surface area (Å²) in [5, 5.41) is 2.94. The molecule has 18 heavy (non-hydrogen) atoms. The standard InChI is InChI=1S/C15H22ClNO/c1-12(2)5-3-4-10-17-15(18)14-8-6-13(11-16)7-9-14/h6-9,12H,3-5,10-11H2,1-2H3,(H,17,18). The number of hydrogen-bond acceptors (Lipinski definition) is 1. The van der Waals surface area contributed by atoms with Crippen LogP contribution in [0.3, 0.4) is 0 Å². The Kier molecular flexibility index (Phi) is 6.81. The molecule has 100 valence electrons. The van der Waals surface area contributed by atoms with Crippen LogP contribution in [0.1, 0.15) is 49.0 Å². The molecule has 3 heteroatoms. The molecule has 1 rings (SSSR count). The highest BCUT2D eigenvalue weighted by Crippen LogP contribution is 2.07. The Balaban J connectivity index is 2.27. The molecule has 0 fully saturated rings. The molecule has 0 unspecified atom stereocenters. The van der Waals surface area contributed by atoms with Crippen molar-refractivity contribution in [3.05, 3.63) is 35.4 Å². The molecule has 0 bridgehead atoms. The second-order valence-corrected chi connectivity index (χ2v) is 5.24. The number of amides is 1. The summed E-state index contributed by atoms with van der Waals surface area (Å²) in [4.78, 5) is 11.8. The number of rotatable bonds is 7. The summed E-state index contributed by atoms with van der Waals surface area (Å²) >= 11 is 5.70. The first-order valence-electron chi connectivity index (χ1n) is 6.56. The number of nitrogens with one attached hydrogen (secondary N) is 1. The monoisotopic (exact) mass is 267 g/mol. The minimum Gasteiger partial charge on any atom is -0.352 e. The topological polar surface area (TPSA) is 29.1 Å². The summed E-state index contributed by atoms with van der Waals surface area (Å²) in [5.74, 6) is 1.22. The van der Waals surface area contributed by atoms with E-state index >= 15 is 0 Å². The molecule has 0 saturated heterocycles. The van der Waals surface area contributed by atoms with Crippen molar-refractivity contribution in [1.82, 2.24) is 5.32 Å². The van der Waals surface area contributed by atoms with E-state index in [1.807, 2.05) is 24.3 Å². The molecule has 1 aromatic carbocycles. The van der Waals surface area contributed by atoms with Crippen LogP contribution in [0.2, 0.25) is 0 Å². The van der Waals surface area contributed by atoms with E-state index in [-0.39, 0.29) is 5.91 Å². The smallest absolute Gasteiger partial charge is 0.251 e. The van der Waals surface area contributed by atoms with E-state index in [1.54, 1.807) is 0 Å². The van der Waals surface area contributed by atoms with E-state index in [9.17, 15) is 4.79 Å². The summed E-state index contributed by atoms with van der Waals surface area (Å²) in [7, 11) is 0. The Bertz CT molecular complexity index is 359. The zero-order valence-electron chi connectivity index (χ0n) is 11.2. The Morgan fingerprint density at radius 3 is 2.44 bits per heavy atom. The van der Waals surface area contributed by atoms with Crippen molar-refractivity contribution >= 4 is 17.5 Å². The summed E-state index contributed by atoms with van der Waals surface area (Å²) in [6, 6.07) is 7.42. The number of halogens is 1. The van der Waals surface area contributed by atoms with Gasteiger partial charge in [-0.3, -0.25) is 4.79 Å². The Labute approximate surface area is 115 Å². The maximum atomic E-state index is 11.8. The van der Waals surface area contributed by atoms with Gasteiger partial charge in [-0.2, -0.15) is 0 Å². The minimum absolute atomic E-state index is 0.000620. The lowest BCUT2D eigenvalue weighted by atomic mass is 10.1. The second kappa shape index (κ2) is 8.15. The van der Waals surface area contributed by atoms with Gasteiger partial charge < -0.3 is 5.32 Å². The largest absolute Gasteiger partial charge is 0.352 e. The molecule has 0 heterocycles. The highest BCUT2D eigenvalue weighted by Gasteiger charge is 2.04. The van der Waals surface area contributed by atoms with Crippen LogP contribution in [0.4, 0.5) is 0 Å². The molecule has 1 amide bonds. The fraction of sp³-hybridized carbons (Fsp3) is 0.533. The molecule has 0 aromatic heterocycles. The predicted octanol–water partition coefficient (Wildman–Crippen LogP) is 3.98. The van der Waals surface area contributed by atoms with Gasteiger partial charge in [0, 0.05) is 18.0 Å². The van der Waals surface area contributed by atoms with Gasteiger partial charge in [0.15, 0.2) is 0 Å². The lowest BCUT2D eigenvalue weighted by molar-refractivity contribution is 0.0953. The number of hydrogen-bond donors (Lipinski definition) is 1. The van der Waals surface area contributed by atoms with Gasteiger partial charge in [0.05, 0.1) is 0 Å². The lowest BCUT2D eigenvalue weighted by Gasteiger charge is -2.07. The van der Waals surface area contributed by atoms with Gasteiger partial charge >= 0.3 is 0 Å². The average molecular weight is 268 g/mol. The molecule has 2 nitrogen and oxygen atoms in total.